The Morgan fingerprint density at radius 3 is 2.57 bits per heavy atom. The van der Waals surface area contributed by atoms with E-state index < -0.39 is 31.9 Å². The van der Waals surface area contributed by atoms with E-state index in [4.69, 9.17) is 16.7 Å². The molecule has 0 aromatic heterocycles. The van der Waals surface area contributed by atoms with Gasteiger partial charge in [0.15, 0.2) is 9.84 Å². The average Bonchev–Trinajstić information content (AvgIpc) is 2.67. The van der Waals surface area contributed by atoms with Crippen molar-refractivity contribution in [3.63, 3.8) is 0 Å². The van der Waals surface area contributed by atoms with Crippen molar-refractivity contribution in [2.24, 2.45) is 0 Å². The van der Waals surface area contributed by atoms with Crippen LogP contribution in [0.4, 0.5) is 0 Å². The SMILES string of the molecule is O=C(O)c1cc(S(=O)(=O)NC2C=CS(=O)(=O)C2)ccc1Cl. The fourth-order valence-electron chi connectivity index (χ4n) is 1.75. The van der Waals surface area contributed by atoms with Gasteiger partial charge in [0.2, 0.25) is 10.0 Å². The lowest BCUT2D eigenvalue weighted by atomic mass is 10.2. The number of rotatable bonds is 4. The fourth-order valence-corrected chi connectivity index (χ4v) is 4.51. The van der Waals surface area contributed by atoms with Crippen LogP contribution in [0.3, 0.4) is 0 Å². The molecule has 0 fully saturated rings. The zero-order valence-corrected chi connectivity index (χ0v) is 12.7. The van der Waals surface area contributed by atoms with Crippen molar-refractivity contribution in [3.05, 3.63) is 40.3 Å². The number of hydrogen-bond acceptors (Lipinski definition) is 5. The molecule has 0 saturated carbocycles. The first-order valence-corrected chi connectivity index (χ1v) is 9.14. The molecule has 1 aliphatic rings. The second-order valence-corrected chi connectivity index (χ2v) is 8.39. The lowest BCUT2D eigenvalue weighted by Gasteiger charge is -2.11. The second kappa shape index (κ2) is 5.41. The summed E-state index contributed by atoms with van der Waals surface area (Å²) in [5.74, 6) is -1.73. The average molecular weight is 352 g/mol. The van der Waals surface area contributed by atoms with Crippen molar-refractivity contribution in [1.29, 1.82) is 0 Å². The van der Waals surface area contributed by atoms with E-state index in [9.17, 15) is 21.6 Å². The van der Waals surface area contributed by atoms with E-state index in [1.807, 2.05) is 0 Å². The molecule has 114 valence electrons. The molecule has 1 heterocycles. The van der Waals surface area contributed by atoms with E-state index in [0.717, 1.165) is 23.6 Å². The van der Waals surface area contributed by atoms with Crippen LogP contribution in [0.15, 0.2) is 34.6 Å². The Kier molecular flexibility index (Phi) is 4.11. The molecule has 1 aromatic rings. The van der Waals surface area contributed by atoms with Gasteiger partial charge in [0.05, 0.1) is 27.3 Å². The summed E-state index contributed by atoms with van der Waals surface area (Å²) in [5.41, 5.74) is -0.353. The van der Waals surface area contributed by atoms with Crippen molar-refractivity contribution in [3.8, 4) is 0 Å². The number of aromatic carboxylic acids is 1. The van der Waals surface area contributed by atoms with Gasteiger partial charge in [-0.05, 0) is 18.2 Å². The summed E-state index contributed by atoms with van der Waals surface area (Å²) >= 11 is 5.66. The molecule has 1 aliphatic heterocycles. The van der Waals surface area contributed by atoms with Gasteiger partial charge in [-0.2, -0.15) is 0 Å². The maximum absolute atomic E-state index is 12.1. The number of sulfone groups is 1. The molecule has 1 atom stereocenters. The third kappa shape index (κ3) is 3.62. The Hall–Kier alpha value is -1.42. The lowest BCUT2D eigenvalue weighted by Crippen LogP contribution is -2.35. The molecule has 10 heteroatoms. The van der Waals surface area contributed by atoms with E-state index in [1.165, 1.54) is 6.08 Å². The molecule has 0 aliphatic carbocycles. The van der Waals surface area contributed by atoms with Crippen molar-refractivity contribution < 1.29 is 26.7 Å². The highest BCUT2D eigenvalue weighted by atomic mass is 35.5. The summed E-state index contributed by atoms with van der Waals surface area (Å²) in [6, 6.07) is 2.33. The Balaban J connectivity index is 2.31. The number of carboxylic acids is 1. The standard InChI is InChI=1S/C11H10ClNO6S2/c12-10-2-1-8(5-9(10)11(14)15)21(18,19)13-7-3-4-20(16,17)6-7/h1-5,7,13H,6H2,(H,14,15). The van der Waals surface area contributed by atoms with Crippen LogP contribution in [-0.2, 0) is 19.9 Å². The van der Waals surface area contributed by atoms with Gasteiger partial charge >= 0.3 is 5.97 Å². The molecule has 21 heavy (non-hydrogen) atoms. The Bertz CT molecular complexity index is 828. The predicted molar refractivity (Wildman–Crippen MR) is 75.4 cm³/mol. The van der Waals surface area contributed by atoms with E-state index in [2.05, 4.69) is 4.72 Å². The van der Waals surface area contributed by atoms with E-state index in [-0.39, 0.29) is 21.2 Å². The summed E-state index contributed by atoms with van der Waals surface area (Å²) in [6.07, 6.45) is 1.22. The quantitative estimate of drug-likeness (QED) is 0.821. The molecule has 0 amide bonds. The Morgan fingerprint density at radius 2 is 2.05 bits per heavy atom. The predicted octanol–water partition coefficient (Wildman–Crippen LogP) is 0.627. The molecule has 7 nitrogen and oxygen atoms in total. The van der Waals surface area contributed by atoms with Gasteiger partial charge in [0.1, 0.15) is 0 Å². The first-order chi connectivity index (χ1) is 9.61. The van der Waals surface area contributed by atoms with Crippen LogP contribution in [0.2, 0.25) is 5.02 Å². The molecule has 0 spiro atoms. The maximum atomic E-state index is 12.1. The molecular formula is C11H10ClNO6S2. The zero-order valence-electron chi connectivity index (χ0n) is 10.4. The van der Waals surface area contributed by atoms with Crippen LogP contribution in [0.1, 0.15) is 10.4 Å². The van der Waals surface area contributed by atoms with Gasteiger partial charge in [0, 0.05) is 5.41 Å². The van der Waals surface area contributed by atoms with Gasteiger partial charge in [0.25, 0.3) is 0 Å². The number of halogens is 1. The van der Waals surface area contributed by atoms with E-state index in [1.54, 1.807) is 0 Å². The van der Waals surface area contributed by atoms with E-state index in [0.29, 0.717) is 0 Å². The molecule has 0 saturated heterocycles. The van der Waals surface area contributed by atoms with Crippen LogP contribution in [0, 0.1) is 0 Å². The highest BCUT2D eigenvalue weighted by molar-refractivity contribution is 7.94. The Morgan fingerprint density at radius 1 is 1.38 bits per heavy atom. The second-order valence-electron chi connectivity index (χ2n) is 4.33. The number of sulfonamides is 1. The molecule has 1 unspecified atom stereocenters. The number of benzene rings is 1. The summed E-state index contributed by atoms with van der Waals surface area (Å²) in [7, 11) is -7.46. The summed E-state index contributed by atoms with van der Waals surface area (Å²) in [6.45, 7) is 0. The number of hydrogen-bond donors (Lipinski definition) is 2. The summed E-state index contributed by atoms with van der Waals surface area (Å²) < 4.78 is 48.9. The number of carboxylic acid groups (broad SMARTS) is 1. The minimum Gasteiger partial charge on any atom is -0.478 e. The third-order valence-corrected chi connectivity index (χ3v) is 5.93. The van der Waals surface area contributed by atoms with Gasteiger partial charge in [-0.1, -0.05) is 17.7 Å². The van der Waals surface area contributed by atoms with Crippen LogP contribution in [0.5, 0.6) is 0 Å². The first-order valence-electron chi connectivity index (χ1n) is 5.57. The third-order valence-electron chi connectivity index (χ3n) is 2.72. The number of nitrogens with one attached hydrogen (secondary N) is 1. The summed E-state index contributed by atoms with van der Waals surface area (Å²) in [4.78, 5) is 10.6. The topological polar surface area (TPSA) is 118 Å². The monoisotopic (exact) mass is 351 g/mol. The highest BCUT2D eigenvalue weighted by Crippen LogP contribution is 2.21. The molecule has 1 aromatic carbocycles. The van der Waals surface area contributed by atoms with Crippen LogP contribution < -0.4 is 4.72 Å². The molecule has 2 N–H and O–H groups in total. The van der Waals surface area contributed by atoms with Crippen molar-refractivity contribution in [1.82, 2.24) is 4.72 Å². The zero-order chi connectivity index (χ0) is 15.8. The molecular weight excluding hydrogens is 342 g/mol. The van der Waals surface area contributed by atoms with Crippen molar-refractivity contribution in [2.75, 3.05) is 5.75 Å². The normalized spacial score (nSPS) is 20.5. The van der Waals surface area contributed by atoms with Crippen molar-refractivity contribution in [2.45, 2.75) is 10.9 Å². The summed E-state index contributed by atoms with van der Waals surface area (Å²) in [5, 5.41) is 9.76. The minimum atomic E-state index is -4.05. The van der Waals surface area contributed by atoms with Gasteiger partial charge < -0.3 is 5.11 Å². The largest absolute Gasteiger partial charge is 0.478 e. The first kappa shape index (κ1) is 16.0. The van der Waals surface area contributed by atoms with Crippen LogP contribution in [-0.4, -0.2) is 39.7 Å². The van der Waals surface area contributed by atoms with Gasteiger partial charge in [-0.15, -0.1) is 0 Å². The van der Waals surface area contributed by atoms with Gasteiger partial charge in [-0.3, -0.25) is 0 Å². The smallest absolute Gasteiger partial charge is 0.337 e. The molecule has 0 radical (unpaired) electrons. The molecule has 2 rings (SSSR count). The lowest BCUT2D eigenvalue weighted by molar-refractivity contribution is 0.0697. The van der Waals surface area contributed by atoms with Gasteiger partial charge in [-0.25, -0.2) is 26.4 Å². The van der Waals surface area contributed by atoms with Crippen LogP contribution in [0.25, 0.3) is 0 Å². The minimum absolute atomic E-state index is 0.0928. The van der Waals surface area contributed by atoms with Crippen molar-refractivity contribution >= 4 is 37.4 Å². The number of carbonyl (C=O) groups is 1. The van der Waals surface area contributed by atoms with Crippen LogP contribution >= 0.6 is 11.6 Å². The maximum Gasteiger partial charge on any atom is 0.337 e. The molecule has 0 bridgehead atoms. The highest BCUT2D eigenvalue weighted by Gasteiger charge is 2.27. The fraction of sp³-hybridized carbons (Fsp3) is 0.182. The Labute approximate surface area is 126 Å². The van der Waals surface area contributed by atoms with E-state index >= 15 is 0 Å².